The Morgan fingerprint density at radius 3 is 2.38 bits per heavy atom. The number of nitrogens with two attached hydrogens (primary N) is 1. The van der Waals surface area contributed by atoms with Crippen LogP contribution in [0.3, 0.4) is 0 Å². The molecule has 0 aliphatic heterocycles. The monoisotopic (exact) mass is 224 g/mol. The van der Waals surface area contributed by atoms with Gasteiger partial charge in [-0.15, -0.1) is 0 Å². The van der Waals surface area contributed by atoms with E-state index in [-0.39, 0.29) is 5.91 Å². The molecule has 0 heterocycles. The zero-order chi connectivity index (χ0) is 11.8. The van der Waals surface area contributed by atoms with Crippen LogP contribution in [-0.2, 0) is 4.79 Å². The van der Waals surface area contributed by atoms with Gasteiger partial charge < -0.3 is 11.1 Å². The molecule has 3 heteroatoms. The number of hydrogen-bond acceptors (Lipinski definition) is 2. The average molecular weight is 224 g/mol. The third-order valence-corrected chi connectivity index (χ3v) is 4.42. The molecule has 3 N–H and O–H groups in total. The number of rotatable bonds is 3. The highest BCUT2D eigenvalue weighted by atomic mass is 16.2. The van der Waals surface area contributed by atoms with E-state index in [1.54, 1.807) is 0 Å². The summed E-state index contributed by atoms with van der Waals surface area (Å²) in [5.74, 6) is 0.735. The lowest BCUT2D eigenvalue weighted by molar-refractivity contribution is -0.127. The van der Waals surface area contributed by atoms with Gasteiger partial charge in [0.2, 0.25) is 5.91 Å². The first-order chi connectivity index (χ1) is 7.44. The van der Waals surface area contributed by atoms with Crippen LogP contribution in [-0.4, -0.2) is 18.0 Å². The summed E-state index contributed by atoms with van der Waals surface area (Å²) in [4.78, 5) is 12.0. The highest BCUT2D eigenvalue weighted by molar-refractivity contribution is 5.86. The van der Waals surface area contributed by atoms with E-state index in [2.05, 4.69) is 19.2 Å². The van der Waals surface area contributed by atoms with Crippen LogP contribution in [0.25, 0.3) is 0 Å². The molecule has 0 aromatic carbocycles. The molecule has 0 bridgehead atoms. The van der Waals surface area contributed by atoms with E-state index in [4.69, 9.17) is 5.73 Å². The highest BCUT2D eigenvalue weighted by Crippen LogP contribution is 2.51. The second-order valence-corrected chi connectivity index (χ2v) is 6.32. The summed E-state index contributed by atoms with van der Waals surface area (Å²) in [5, 5.41) is 3.05. The van der Waals surface area contributed by atoms with E-state index >= 15 is 0 Å². The van der Waals surface area contributed by atoms with Crippen LogP contribution in [0.1, 0.15) is 52.4 Å². The summed E-state index contributed by atoms with van der Waals surface area (Å²) in [6.45, 7) is 5.32. The van der Waals surface area contributed by atoms with Gasteiger partial charge in [-0.2, -0.15) is 0 Å². The molecule has 1 atom stereocenters. The van der Waals surface area contributed by atoms with Gasteiger partial charge in [-0.25, -0.2) is 0 Å². The fraction of sp³-hybridized carbons (Fsp3) is 0.923. The number of nitrogens with one attached hydrogen (secondary N) is 1. The molecule has 0 saturated heterocycles. The summed E-state index contributed by atoms with van der Waals surface area (Å²) in [7, 11) is 0. The number of amides is 1. The van der Waals surface area contributed by atoms with Crippen molar-refractivity contribution in [1.82, 2.24) is 5.32 Å². The summed E-state index contributed by atoms with van der Waals surface area (Å²) in [6.07, 6.45) is 6.35. The van der Waals surface area contributed by atoms with Crippen LogP contribution < -0.4 is 11.1 Å². The SMILES string of the molecule is CC1(C)CC1CNC(=O)C1(N)CCCCC1. The zero-order valence-corrected chi connectivity index (χ0v) is 10.5. The van der Waals surface area contributed by atoms with Crippen molar-refractivity contribution in [2.24, 2.45) is 17.1 Å². The molecule has 0 radical (unpaired) electrons. The fourth-order valence-corrected chi connectivity index (χ4v) is 2.73. The molecule has 0 aromatic heterocycles. The van der Waals surface area contributed by atoms with Crippen molar-refractivity contribution in [3.05, 3.63) is 0 Å². The lowest BCUT2D eigenvalue weighted by Gasteiger charge is -2.31. The Balaban J connectivity index is 1.79. The second kappa shape index (κ2) is 4.02. The zero-order valence-electron chi connectivity index (χ0n) is 10.5. The van der Waals surface area contributed by atoms with E-state index in [1.165, 1.54) is 12.8 Å². The summed E-state index contributed by atoms with van der Waals surface area (Å²) in [6, 6.07) is 0. The van der Waals surface area contributed by atoms with E-state index < -0.39 is 5.54 Å². The molecular weight excluding hydrogens is 200 g/mol. The van der Waals surface area contributed by atoms with Gasteiger partial charge in [0.25, 0.3) is 0 Å². The molecule has 16 heavy (non-hydrogen) atoms. The largest absolute Gasteiger partial charge is 0.354 e. The summed E-state index contributed by atoms with van der Waals surface area (Å²) < 4.78 is 0. The van der Waals surface area contributed by atoms with E-state index in [1.807, 2.05) is 0 Å². The molecule has 2 saturated carbocycles. The van der Waals surface area contributed by atoms with Crippen molar-refractivity contribution in [2.45, 2.75) is 57.9 Å². The molecule has 2 aliphatic rings. The predicted octanol–water partition coefficient (Wildman–Crippen LogP) is 1.81. The van der Waals surface area contributed by atoms with E-state index in [0.29, 0.717) is 11.3 Å². The van der Waals surface area contributed by atoms with Gasteiger partial charge in [-0.05, 0) is 30.6 Å². The molecule has 2 aliphatic carbocycles. The third kappa shape index (κ3) is 2.40. The average Bonchev–Trinajstić information content (AvgIpc) is 2.84. The van der Waals surface area contributed by atoms with Crippen LogP contribution in [0.4, 0.5) is 0 Å². The number of carbonyl (C=O) groups excluding carboxylic acids is 1. The Morgan fingerprint density at radius 1 is 1.31 bits per heavy atom. The first-order valence-corrected chi connectivity index (χ1v) is 6.51. The van der Waals surface area contributed by atoms with Crippen molar-refractivity contribution in [3.8, 4) is 0 Å². The Morgan fingerprint density at radius 2 is 1.88 bits per heavy atom. The quantitative estimate of drug-likeness (QED) is 0.768. The lowest BCUT2D eigenvalue weighted by atomic mass is 9.82. The van der Waals surface area contributed by atoms with Crippen LogP contribution in [0.15, 0.2) is 0 Å². The van der Waals surface area contributed by atoms with Crippen molar-refractivity contribution in [1.29, 1.82) is 0 Å². The Bertz CT molecular complexity index is 280. The maximum absolute atomic E-state index is 12.0. The molecule has 0 aromatic rings. The van der Waals surface area contributed by atoms with Crippen LogP contribution in [0, 0.1) is 11.3 Å². The topological polar surface area (TPSA) is 55.1 Å². The second-order valence-electron chi connectivity index (χ2n) is 6.32. The van der Waals surface area contributed by atoms with Gasteiger partial charge in [-0.1, -0.05) is 33.1 Å². The van der Waals surface area contributed by atoms with Crippen LogP contribution in [0.2, 0.25) is 0 Å². The van der Waals surface area contributed by atoms with Crippen molar-refractivity contribution in [3.63, 3.8) is 0 Å². The maximum Gasteiger partial charge on any atom is 0.240 e. The van der Waals surface area contributed by atoms with Gasteiger partial charge in [0, 0.05) is 6.54 Å². The van der Waals surface area contributed by atoms with Crippen LogP contribution in [0.5, 0.6) is 0 Å². The highest BCUT2D eigenvalue weighted by Gasteiger charge is 2.46. The smallest absolute Gasteiger partial charge is 0.240 e. The Kier molecular flexibility index (Phi) is 2.99. The van der Waals surface area contributed by atoms with Gasteiger partial charge >= 0.3 is 0 Å². The molecule has 0 spiro atoms. The Labute approximate surface area is 98.2 Å². The van der Waals surface area contributed by atoms with E-state index in [9.17, 15) is 4.79 Å². The van der Waals surface area contributed by atoms with Gasteiger partial charge in [0.15, 0.2) is 0 Å². The minimum atomic E-state index is -0.572. The van der Waals surface area contributed by atoms with Crippen molar-refractivity contribution < 1.29 is 4.79 Å². The number of hydrogen-bond donors (Lipinski definition) is 2. The fourth-order valence-electron chi connectivity index (χ4n) is 2.73. The molecule has 1 unspecified atom stereocenters. The predicted molar refractivity (Wildman–Crippen MR) is 64.9 cm³/mol. The van der Waals surface area contributed by atoms with Gasteiger partial charge in [-0.3, -0.25) is 4.79 Å². The van der Waals surface area contributed by atoms with Crippen molar-refractivity contribution in [2.75, 3.05) is 6.54 Å². The van der Waals surface area contributed by atoms with Gasteiger partial charge in [0.05, 0.1) is 5.54 Å². The lowest BCUT2D eigenvalue weighted by Crippen LogP contribution is -2.55. The standard InChI is InChI=1S/C13H24N2O/c1-12(2)8-10(12)9-15-11(16)13(14)6-4-3-5-7-13/h10H,3-9,14H2,1-2H3,(H,15,16). The first kappa shape index (κ1) is 11.9. The third-order valence-electron chi connectivity index (χ3n) is 4.42. The number of carbonyl (C=O) groups is 1. The van der Waals surface area contributed by atoms with Crippen molar-refractivity contribution >= 4 is 5.91 Å². The molecule has 2 fully saturated rings. The first-order valence-electron chi connectivity index (χ1n) is 6.51. The maximum atomic E-state index is 12.0. The van der Waals surface area contributed by atoms with E-state index in [0.717, 1.165) is 32.2 Å². The molecular formula is C13H24N2O. The van der Waals surface area contributed by atoms with Crippen LogP contribution >= 0.6 is 0 Å². The Hall–Kier alpha value is -0.570. The molecule has 92 valence electrons. The summed E-state index contributed by atoms with van der Waals surface area (Å²) in [5.41, 5.74) is 6.02. The van der Waals surface area contributed by atoms with Gasteiger partial charge in [0.1, 0.15) is 0 Å². The summed E-state index contributed by atoms with van der Waals surface area (Å²) >= 11 is 0. The normalized spacial score (nSPS) is 30.8. The molecule has 2 rings (SSSR count). The molecule has 1 amide bonds. The minimum Gasteiger partial charge on any atom is -0.354 e. The molecule has 3 nitrogen and oxygen atoms in total. The minimum absolute atomic E-state index is 0.0786.